The van der Waals surface area contributed by atoms with Gasteiger partial charge in [0.1, 0.15) is 6.04 Å². The lowest BCUT2D eigenvalue weighted by molar-refractivity contribution is -0.140. The van der Waals surface area contributed by atoms with E-state index in [1.54, 1.807) is 12.4 Å². The first kappa shape index (κ1) is 10.8. The summed E-state index contributed by atoms with van der Waals surface area (Å²) in [6.07, 6.45) is 2.84. The van der Waals surface area contributed by atoms with Gasteiger partial charge in [-0.05, 0) is 6.07 Å². The Kier molecular flexibility index (Phi) is 2.96. The molecule has 2 atom stereocenters. The van der Waals surface area contributed by atoms with E-state index in [0.717, 1.165) is 11.3 Å². The number of nitrogens with zero attached hydrogens (tertiary/aromatic N) is 2. The molecule has 1 aliphatic heterocycles. The maximum atomic E-state index is 10.7. The molecule has 84 valence electrons. The van der Waals surface area contributed by atoms with E-state index in [1.165, 1.54) is 7.11 Å². The summed E-state index contributed by atoms with van der Waals surface area (Å²) in [5.74, 6) is -0.897. The van der Waals surface area contributed by atoms with Crippen LogP contribution in [0.4, 0.5) is 0 Å². The van der Waals surface area contributed by atoms with Gasteiger partial charge >= 0.3 is 5.97 Å². The summed E-state index contributed by atoms with van der Waals surface area (Å²) in [7, 11) is 1.49. The Bertz CT molecular complexity index is 431. The minimum Gasteiger partial charge on any atom is -0.481 e. The second-order valence-electron chi connectivity index (χ2n) is 3.57. The van der Waals surface area contributed by atoms with Crippen LogP contribution >= 0.6 is 0 Å². The molecule has 0 aromatic carbocycles. The van der Waals surface area contributed by atoms with Gasteiger partial charge in [-0.2, -0.15) is 0 Å². The van der Waals surface area contributed by atoms with Gasteiger partial charge in [0.05, 0.1) is 18.2 Å². The molecule has 0 bridgehead atoms. The fraction of sp³-hybridized carbons (Fsp3) is 0.364. The molecule has 1 aromatic heterocycles. The van der Waals surface area contributed by atoms with Crippen molar-refractivity contribution in [2.75, 3.05) is 7.11 Å². The number of carbonyl (C=O) groups is 1. The van der Waals surface area contributed by atoms with Gasteiger partial charge in [0.15, 0.2) is 0 Å². The van der Waals surface area contributed by atoms with Crippen LogP contribution in [0.15, 0.2) is 23.3 Å². The van der Waals surface area contributed by atoms with Crippen LogP contribution in [0, 0.1) is 0 Å². The summed E-state index contributed by atoms with van der Waals surface area (Å²) in [6.45, 7) is 0. The highest BCUT2D eigenvalue weighted by Gasteiger charge is 2.30. The van der Waals surface area contributed by atoms with Crippen LogP contribution in [-0.2, 0) is 9.53 Å². The number of fused-ring (bicyclic) bond motifs is 1. The number of methoxy groups -OCH3 is 1. The van der Waals surface area contributed by atoms with Crippen LogP contribution in [0.25, 0.3) is 0 Å². The van der Waals surface area contributed by atoms with E-state index in [1.807, 2.05) is 12.1 Å². The second kappa shape index (κ2) is 4.40. The fourth-order valence-electron chi connectivity index (χ4n) is 1.79. The van der Waals surface area contributed by atoms with E-state index in [2.05, 4.69) is 9.98 Å². The summed E-state index contributed by atoms with van der Waals surface area (Å²) >= 11 is 0. The fourth-order valence-corrected chi connectivity index (χ4v) is 1.79. The first-order valence-electron chi connectivity index (χ1n) is 4.95. The lowest BCUT2D eigenvalue weighted by Crippen LogP contribution is -2.23. The van der Waals surface area contributed by atoms with Crippen LogP contribution in [0.1, 0.15) is 23.7 Å². The predicted molar refractivity (Wildman–Crippen MR) is 57.6 cm³/mol. The van der Waals surface area contributed by atoms with Crippen molar-refractivity contribution in [2.45, 2.75) is 18.6 Å². The van der Waals surface area contributed by atoms with Crippen molar-refractivity contribution in [1.29, 1.82) is 0 Å². The molecular formula is C11H12N2O3. The standard InChI is InChI=1S/C11H12N2O3/c1-16-8(5-9(14)15)11-10-7(6-13-11)3-2-4-12-10/h2-4,6,8,11H,5H2,1H3,(H,14,15). The molecule has 1 aliphatic rings. The third-order valence-corrected chi connectivity index (χ3v) is 2.56. The van der Waals surface area contributed by atoms with Gasteiger partial charge in [-0.25, -0.2) is 0 Å². The van der Waals surface area contributed by atoms with E-state index in [9.17, 15) is 4.79 Å². The van der Waals surface area contributed by atoms with E-state index in [4.69, 9.17) is 9.84 Å². The molecule has 0 amide bonds. The number of ether oxygens (including phenoxy) is 1. The monoisotopic (exact) mass is 220 g/mol. The van der Waals surface area contributed by atoms with Gasteiger partial charge in [0, 0.05) is 25.1 Å². The summed E-state index contributed by atoms with van der Waals surface area (Å²) in [4.78, 5) is 19.2. The van der Waals surface area contributed by atoms with Crippen LogP contribution in [0.3, 0.4) is 0 Å². The largest absolute Gasteiger partial charge is 0.481 e. The molecule has 5 heteroatoms. The van der Waals surface area contributed by atoms with Gasteiger partial charge in [-0.3, -0.25) is 14.8 Å². The minimum atomic E-state index is -0.897. The van der Waals surface area contributed by atoms with Crippen molar-refractivity contribution >= 4 is 12.2 Å². The smallest absolute Gasteiger partial charge is 0.306 e. The third kappa shape index (κ3) is 1.94. The van der Waals surface area contributed by atoms with Gasteiger partial charge < -0.3 is 9.84 Å². The molecule has 2 heterocycles. The van der Waals surface area contributed by atoms with E-state index >= 15 is 0 Å². The minimum absolute atomic E-state index is 0.0749. The molecule has 1 aromatic rings. The average Bonchev–Trinajstić information content (AvgIpc) is 2.69. The Morgan fingerprint density at radius 3 is 3.19 bits per heavy atom. The molecule has 0 saturated carbocycles. The number of hydrogen-bond donors (Lipinski definition) is 1. The van der Waals surface area contributed by atoms with Crippen molar-refractivity contribution in [2.24, 2.45) is 4.99 Å². The number of carboxylic acids is 1. The lowest BCUT2D eigenvalue weighted by Gasteiger charge is -2.18. The molecule has 2 unspecified atom stereocenters. The normalized spacial score (nSPS) is 19.4. The summed E-state index contributed by atoms with van der Waals surface area (Å²) in [5, 5.41) is 8.77. The zero-order chi connectivity index (χ0) is 11.5. The second-order valence-corrected chi connectivity index (χ2v) is 3.57. The molecule has 2 rings (SSSR count). The highest BCUT2D eigenvalue weighted by molar-refractivity contribution is 5.84. The van der Waals surface area contributed by atoms with Crippen molar-refractivity contribution < 1.29 is 14.6 Å². The Morgan fingerprint density at radius 2 is 2.50 bits per heavy atom. The van der Waals surface area contributed by atoms with Gasteiger partial charge in [-0.15, -0.1) is 0 Å². The number of aliphatic imine (C=N–C) groups is 1. The maximum absolute atomic E-state index is 10.7. The topological polar surface area (TPSA) is 71.8 Å². The number of aromatic nitrogens is 1. The number of carboxylic acid groups (broad SMARTS) is 1. The third-order valence-electron chi connectivity index (χ3n) is 2.56. The summed E-state index contributed by atoms with van der Waals surface area (Å²) in [6, 6.07) is 3.42. The molecule has 0 aliphatic carbocycles. The van der Waals surface area contributed by atoms with Gasteiger partial charge in [0.25, 0.3) is 0 Å². The SMILES string of the molecule is COC(CC(=O)O)C1N=Cc2cccnc21. The molecule has 16 heavy (non-hydrogen) atoms. The summed E-state index contributed by atoms with van der Waals surface area (Å²) < 4.78 is 5.17. The van der Waals surface area contributed by atoms with E-state index < -0.39 is 12.1 Å². The Hall–Kier alpha value is -1.75. The molecule has 0 saturated heterocycles. The van der Waals surface area contributed by atoms with Crippen LogP contribution < -0.4 is 0 Å². The zero-order valence-corrected chi connectivity index (χ0v) is 8.83. The first-order valence-corrected chi connectivity index (χ1v) is 4.95. The highest BCUT2D eigenvalue weighted by atomic mass is 16.5. The van der Waals surface area contributed by atoms with E-state index in [-0.39, 0.29) is 12.5 Å². The van der Waals surface area contributed by atoms with Crippen molar-refractivity contribution in [3.8, 4) is 0 Å². The molecule has 5 nitrogen and oxygen atoms in total. The molecule has 1 N–H and O–H groups in total. The Labute approximate surface area is 92.8 Å². The first-order chi connectivity index (χ1) is 7.72. The van der Waals surface area contributed by atoms with Crippen LogP contribution in [0.5, 0.6) is 0 Å². The maximum Gasteiger partial charge on any atom is 0.306 e. The van der Waals surface area contributed by atoms with E-state index in [0.29, 0.717) is 0 Å². The number of aliphatic carboxylic acids is 1. The van der Waals surface area contributed by atoms with Crippen LogP contribution in [0.2, 0.25) is 0 Å². The van der Waals surface area contributed by atoms with Crippen molar-refractivity contribution in [3.63, 3.8) is 0 Å². The molecule has 0 spiro atoms. The number of rotatable bonds is 4. The van der Waals surface area contributed by atoms with Crippen molar-refractivity contribution in [1.82, 2.24) is 4.98 Å². The molecular weight excluding hydrogens is 208 g/mol. The highest BCUT2D eigenvalue weighted by Crippen LogP contribution is 2.29. The quantitative estimate of drug-likeness (QED) is 0.823. The van der Waals surface area contributed by atoms with Gasteiger partial charge in [-0.1, -0.05) is 6.07 Å². The number of hydrogen-bond acceptors (Lipinski definition) is 4. The van der Waals surface area contributed by atoms with Gasteiger partial charge in [0.2, 0.25) is 0 Å². The Morgan fingerprint density at radius 1 is 1.69 bits per heavy atom. The predicted octanol–water partition coefficient (Wildman–Crippen LogP) is 1.04. The summed E-state index contributed by atoms with van der Waals surface area (Å²) in [5.41, 5.74) is 1.72. The van der Waals surface area contributed by atoms with Crippen molar-refractivity contribution in [3.05, 3.63) is 29.6 Å². The van der Waals surface area contributed by atoms with Crippen LogP contribution in [-0.4, -0.2) is 35.5 Å². The number of pyridine rings is 1. The lowest BCUT2D eigenvalue weighted by atomic mass is 10.0. The zero-order valence-electron chi connectivity index (χ0n) is 8.83. The average molecular weight is 220 g/mol. The molecule has 0 radical (unpaired) electrons. The molecule has 0 fully saturated rings. The Balaban J connectivity index is 2.23.